The molecule has 2 heterocycles. The molecule has 0 bridgehead atoms. The molecule has 2 aliphatic heterocycles. The fourth-order valence-electron chi connectivity index (χ4n) is 5.45. The van der Waals surface area contributed by atoms with E-state index >= 15 is 0 Å². The van der Waals surface area contributed by atoms with Crippen LogP contribution in [-0.4, -0.2) is 35.6 Å². The highest BCUT2D eigenvalue weighted by Crippen LogP contribution is 2.41. The zero-order valence-corrected chi connectivity index (χ0v) is 25.9. The topological polar surface area (TPSA) is 89.7 Å². The van der Waals surface area contributed by atoms with Gasteiger partial charge in [-0.3, -0.25) is 14.4 Å². The highest BCUT2D eigenvalue weighted by atomic mass is 16.5. The molecule has 1 saturated heterocycles. The van der Waals surface area contributed by atoms with E-state index in [1.807, 2.05) is 35.2 Å². The SMILES string of the molecule is CC/C=C\C/C=C\C/C=C\C/C=C\C/C=C\CCCC(=O)N1CC[C@@H](CC2=C(C(N)=O)OC(C)(c3ccccc3)C2=O)C1. The summed E-state index contributed by atoms with van der Waals surface area (Å²) in [6.45, 7) is 5.06. The first-order chi connectivity index (χ1) is 20.9. The summed E-state index contributed by atoms with van der Waals surface area (Å²) in [6.07, 6.45) is 30.1. The van der Waals surface area contributed by atoms with Crippen molar-refractivity contribution >= 4 is 17.6 Å². The number of ketones is 1. The summed E-state index contributed by atoms with van der Waals surface area (Å²) in [4.78, 5) is 40.3. The van der Waals surface area contributed by atoms with Crippen molar-refractivity contribution in [1.82, 2.24) is 4.90 Å². The van der Waals surface area contributed by atoms with Crippen LogP contribution in [0.25, 0.3) is 0 Å². The summed E-state index contributed by atoms with van der Waals surface area (Å²) in [7, 11) is 0. The van der Waals surface area contributed by atoms with Crippen molar-refractivity contribution in [2.24, 2.45) is 11.7 Å². The number of likely N-dealkylation sites (tertiary alicyclic amines) is 1. The fraction of sp³-hybridized carbons (Fsp3) is 0.432. The van der Waals surface area contributed by atoms with Gasteiger partial charge < -0.3 is 15.4 Å². The summed E-state index contributed by atoms with van der Waals surface area (Å²) >= 11 is 0. The Kier molecular flexibility index (Phi) is 14.0. The zero-order valence-electron chi connectivity index (χ0n) is 25.9. The lowest BCUT2D eigenvalue weighted by Gasteiger charge is -2.23. The maximum absolute atomic E-state index is 13.4. The fourth-order valence-corrected chi connectivity index (χ4v) is 5.45. The molecule has 1 unspecified atom stereocenters. The third-order valence-electron chi connectivity index (χ3n) is 7.89. The third-order valence-corrected chi connectivity index (χ3v) is 7.89. The van der Waals surface area contributed by atoms with Gasteiger partial charge in [0.2, 0.25) is 11.7 Å². The molecule has 0 aliphatic carbocycles. The molecule has 2 atom stereocenters. The molecule has 6 nitrogen and oxygen atoms in total. The monoisotopic (exact) mass is 584 g/mol. The first-order valence-electron chi connectivity index (χ1n) is 15.7. The Hall–Kier alpha value is -3.93. The Morgan fingerprint density at radius 1 is 0.930 bits per heavy atom. The van der Waals surface area contributed by atoms with Crippen LogP contribution in [0.15, 0.2) is 102 Å². The number of carbonyl (C=O) groups is 3. The van der Waals surface area contributed by atoms with Gasteiger partial charge in [-0.1, -0.05) is 98.0 Å². The molecule has 0 saturated carbocycles. The van der Waals surface area contributed by atoms with Gasteiger partial charge >= 0.3 is 0 Å². The van der Waals surface area contributed by atoms with Crippen molar-refractivity contribution in [3.05, 3.63) is 108 Å². The van der Waals surface area contributed by atoms with Crippen LogP contribution >= 0.6 is 0 Å². The number of allylic oxidation sites excluding steroid dienone is 10. The van der Waals surface area contributed by atoms with Crippen LogP contribution in [0, 0.1) is 5.92 Å². The summed E-state index contributed by atoms with van der Waals surface area (Å²) in [5.74, 6) is -0.775. The van der Waals surface area contributed by atoms with Crippen LogP contribution in [0.1, 0.15) is 83.6 Å². The summed E-state index contributed by atoms with van der Waals surface area (Å²) < 4.78 is 5.91. The predicted molar refractivity (Wildman–Crippen MR) is 174 cm³/mol. The minimum atomic E-state index is -1.27. The van der Waals surface area contributed by atoms with E-state index in [0.29, 0.717) is 37.1 Å². The lowest BCUT2D eigenvalue weighted by molar-refractivity contribution is -0.132. The van der Waals surface area contributed by atoms with E-state index in [1.165, 1.54) is 0 Å². The Labute approximate surface area is 257 Å². The number of benzene rings is 1. The minimum Gasteiger partial charge on any atom is -0.468 e. The van der Waals surface area contributed by atoms with E-state index in [9.17, 15) is 14.4 Å². The van der Waals surface area contributed by atoms with E-state index in [-0.39, 0.29) is 23.4 Å². The lowest BCUT2D eigenvalue weighted by Crippen LogP contribution is -2.32. The van der Waals surface area contributed by atoms with Gasteiger partial charge in [0, 0.05) is 30.6 Å². The molecule has 0 aromatic heterocycles. The molecule has 2 amide bonds. The van der Waals surface area contributed by atoms with E-state index in [1.54, 1.807) is 6.92 Å². The van der Waals surface area contributed by atoms with E-state index in [4.69, 9.17) is 10.5 Å². The second kappa shape index (κ2) is 17.9. The van der Waals surface area contributed by atoms with Gasteiger partial charge in [0.15, 0.2) is 11.4 Å². The average Bonchev–Trinajstić information content (AvgIpc) is 3.58. The predicted octanol–water partition coefficient (Wildman–Crippen LogP) is 7.40. The zero-order chi connectivity index (χ0) is 30.9. The van der Waals surface area contributed by atoms with Crippen molar-refractivity contribution < 1.29 is 19.1 Å². The van der Waals surface area contributed by atoms with E-state index in [2.05, 4.69) is 67.7 Å². The smallest absolute Gasteiger partial charge is 0.284 e. The molecule has 1 fully saturated rings. The maximum Gasteiger partial charge on any atom is 0.284 e. The molecule has 0 radical (unpaired) electrons. The molecule has 43 heavy (non-hydrogen) atoms. The van der Waals surface area contributed by atoms with Crippen molar-refractivity contribution in [3.63, 3.8) is 0 Å². The molecule has 3 rings (SSSR count). The first-order valence-corrected chi connectivity index (χ1v) is 15.7. The second-order valence-electron chi connectivity index (χ2n) is 11.3. The van der Waals surface area contributed by atoms with E-state index < -0.39 is 11.5 Å². The number of amides is 2. The highest BCUT2D eigenvalue weighted by Gasteiger charge is 2.49. The number of unbranched alkanes of at least 4 members (excludes halogenated alkanes) is 1. The summed E-state index contributed by atoms with van der Waals surface area (Å²) in [5, 5.41) is 0. The van der Waals surface area contributed by atoms with Crippen LogP contribution in [0.5, 0.6) is 0 Å². The maximum atomic E-state index is 13.4. The van der Waals surface area contributed by atoms with Crippen LogP contribution in [-0.2, 0) is 24.7 Å². The molecule has 2 N–H and O–H groups in total. The number of hydrogen-bond donors (Lipinski definition) is 1. The second-order valence-corrected chi connectivity index (χ2v) is 11.3. The van der Waals surface area contributed by atoms with Gasteiger partial charge in [-0.15, -0.1) is 0 Å². The molecule has 230 valence electrons. The number of nitrogens with zero attached hydrogens (tertiary/aromatic N) is 1. The van der Waals surface area contributed by atoms with Crippen molar-refractivity contribution in [1.29, 1.82) is 0 Å². The van der Waals surface area contributed by atoms with Gasteiger partial charge in [0.25, 0.3) is 5.91 Å². The van der Waals surface area contributed by atoms with E-state index in [0.717, 1.165) is 51.4 Å². The number of Topliss-reactive ketones (excluding diaryl/α,β-unsaturated/α-hetero) is 1. The number of rotatable bonds is 17. The van der Waals surface area contributed by atoms with Gasteiger partial charge in [-0.05, 0) is 70.6 Å². The Bertz CT molecular complexity index is 1250. The van der Waals surface area contributed by atoms with Crippen LogP contribution in [0.4, 0.5) is 0 Å². The molecule has 2 aliphatic rings. The first kappa shape index (κ1) is 33.6. The van der Waals surface area contributed by atoms with Gasteiger partial charge in [-0.2, -0.15) is 0 Å². The number of primary amides is 1. The van der Waals surface area contributed by atoms with Crippen molar-refractivity contribution in [2.75, 3.05) is 13.1 Å². The van der Waals surface area contributed by atoms with Crippen LogP contribution in [0.3, 0.4) is 0 Å². The minimum absolute atomic E-state index is 0.0433. The Morgan fingerprint density at radius 3 is 2.09 bits per heavy atom. The lowest BCUT2D eigenvalue weighted by atomic mass is 9.85. The molecule has 0 spiro atoms. The Balaban J connectivity index is 1.33. The number of carbonyl (C=O) groups excluding carboxylic acids is 3. The van der Waals surface area contributed by atoms with Crippen molar-refractivity contribution in [2.45, 2.75) is 83.7 Å². The average molecular weight is 585 g/mol. The van der Waals surface area contributed by atoms with Crippen molar-refractivity contribution in [3.8, 4) is 0 Å². The quantitative estimate of drug-likeness (QED) is 0.153. The molecule has 1 aromatic rings. The molecule has 6 heteroatoms. The molecule has 1 aromatic carbocycles. The third kappa shape index (κ3) is 10.4. The normalized spacial score (nSPS) is 21.1. The standard InChI is InChI=1S/C37H48N2O4/c1-3-4-5-6-7-8-9-10-11-12-13-14-15-16-17-18-22-25-33(40)39-27-26-30(29-39)28-32-34(36(38)42)43-37(2,35(32)41)31-23-20-19-21-24-31/h4-5,7-8,10-11,13-14,16-17,19-21,23-24,30H,3,6,9,12,15,18,22,25-29H2,1-2H3,(H2,38,42)/b5-4-,8-7-,11-10-,14-13-,17-16-/t30-,37?/m0/s1. The summed E-state index contributed by atoms with van der Waals surface area (Å²) in [6, 6.07) is 9.16. The highest BCUT2D eigenvalue weighted by molar-refractivity contribution is 6.11. The molecular formula is C37H48N2O4. The number of ether oxygens (including phenoxy) is 1. The number of nitrogens with two attached hydrogens (primary N) is 1. The van der Waals surface area contributed by atoms with Gasteiger partial charge in [-0.25, -0.2) is 0 Å². The largest absolute Gasteiger partial charge is 0.468 e. The van der Waals surface area contributed by atoms with Crippen LogP contribution < -0.4 is 5.73 Å². The van der Waals surface area contributed by atoms with Crippen LogP contribution in [0.2, 0.25) is 0 Å². The Morgan fingerprint density at radius 2 is 1.51 bits per heavy atom. The van der Waals surface area contributed by atoms with Gasteiger partial charge in [0.05, 0.1) is 0 Å². The summed E-state index contributed by atoms with van der Waals surface area (Å²) in [5.41, 5.74) is 5.36. The van der Waals surface area contributed by atoms with Gasteiger partial charge in [0.1, 0.15) is 0 Å². The molecular weight excluding hydrogens is 536 g/mol. The number of hydrogen-bond acceptors (Lipinski definition) is 4.